The quantitative estimate of drug-likeness (QED) is 0.606. The van der Waals surface area contributed by atoms with Crippen LogP contribution in [-0.4, -0.2) is 66.7 Å². The van der Waals surface area contributed by atoms with Crippen LogP contribution in [0.4, 0.5) is 0 Å². The van der Waals surface area contributed by atoms with E-state index >= 15 is 0 Å². The summed E-state index contributed by atoms with van der Waals surface area (Å²) in [6, 6.07) is 4.50. The Morgan fingerprint density at radius 3 is 2.15 bits per heavy atom. The molecule has 1 aromatic rings. The summed E-state index contributed by atoms with van der Waals surface area (Å²) in [6.45, 7) is 4.59. The number of methoxy groups -OCH3 is 2. The summed E-state index contributed by atoms with van der Waals surface area (Å²) in [4.78, 5) is 40.6. The molecule has 2 heterocycles. The highest BCUT2D eigenvalue weighted by Crippen LogP contribution is 2.29. The van der Waals surface area contributed by atoms with E-state index in [0.29, 0.717) is 42.6 Å². The number of ether oxygens (including phenoxy) is 2. The van der Waals surface area contributed by atoms with E-state index in [4.69, 9.17) is 9.47 Å². The number of hydrogen-bond donors (Lipinski definition) is 0. The normalized spacial score (nSPS) is 19.3. The third-order valence-electron chi connectivity index (χ3n) is 5.24. The standard InChI is InChI=1S/C19H24N2O5/c1-12(2)21-17(23)14-6-5-13(11-15(14)18(21)24)16(22)20-9-7-19(25-3,26-4)8-10-20/h5-6,11-12H,7-10H2,1-4H3. The number of amides is 3. The van der Waals surface area contributed by atoms with Crippen molar-refractivity contribution in [1.29, 1.82) is 0 Å². The average molecular weight is 360 g/mol. The minimum Gasteiger partial charge on any atom is -0.353 e. The first-order valence-electron chi connectivity index (χ1n) is 8.75. The largest absolute Gasteiger partial charge is 0.353 e. The summed E-state index contributed by atoms with van der Waals surface area (Å²) in [7, 11) is 3.20. The molecule has 1 fully saturated rings. The second kappa shape index (κ2) is 6.81. The molecule has 0 unspecified atom stereocenters. The smallest absolute Gasteiger partial charge is 0.261 e. The summed E-state index contributed by atoms with van der Waals surface area (Å²) in [5.74, 6) is -1.45. The molecule has 7 nitrogen and oxygen atoms in total. The molecular formula is C19H24N2O5. The van der Waals surface area contributed by atoms with Crippen molar-refractivity contribution >= 4 is 17.7 Å². The monoisotopic (exact) mass is 360 g/mol. The van der Waals surface area contributed by atoms with Gasteiger partial charge in [0.05, 0.1) is 11.1 Å². The minimum absolute atomic E-state index is 0.156. The zero-order valence-corrected chi connectivity index (χ0v) is 15.6. The van der Waals surface area contributed by atoms with Crippen molar-refractivity contribution in [3.63, 3.8) is 0 Å². The van der Waals surface area contributed by atoms with Gasteiger partial charge in [0, 0.05) is 51.8 Å². The summed E-state index contributed by atoms with van der Waals surface area (Å²) >= 11 is 0. The zero-order valence-electron chi connectivity index (χ0n) is 15.6. The zero-order chi connectivity index (χ0) is 19.1. The molecule has 0 aliphatic carbocycles. The molecule has 0 N–H and O–H groups in total. The van der Waals surface area contributed by atoms with Crippen LogP contribution in [0.3, 0.4) is 0 Å². The minimum atomic E-state index is -0.644. The van der Waals surface area contributed by atoms with E-state index in [2.05, 4.69) is 0 Å². The van der Waals surface area contributed by atoms with Crippen LogP contribution in [0.1, 0.15) is 57.8 Å². The molecule has 1 aromatic carbocycles. The summed E-state index contributed by atoms with van der Waals surface area (Å²) in [5, 5.41) is 0. The van der Waals surface area contributed by atoms with Crippen LogP contribution in [0.25, 0.3) is 0 Å². The van der Waals surface area contributed by atoms with E-state index in [-0.39, 0.29) is 23.8 Å². The molecule has 7 heteroatoms. The molecule has 0 spiro atoms. The number of benzene rings is 1. The number of likely N-dealkylation sites (tertiary alicyclic amines) is 1. The van der Waals surface area contributed by atoms with Crippen LogP contribution in [0.5, 0.6) is 0 Å². The molecule has 2 aliphatic heterocycles. The van der Waals surface area contributed by atoms with Gasteiger partial charge in [0.15, 0.2) is 5.79 Å². The third kappa shape index (κ3) is 2.91. The number of carbonyl (C=O) groups is 3. The number of piperidine rings is 1. The molecule has 0 bridgehead atoms. The van der Waals surface area contributed by atoms with Crippen molar-refractivity contribution in [3.05, 3.63) is 34.9 Å². The fourth-order valence-corrected chi connectivity index (χ4v) is 3.59. The Labute approximate surface area is 152 Å². The molecular weight excluding hydrogens is 336 g/mol. The van der Waals surface area contributed by atoms with Crippen LogP contribution in [0.2, 0.25) is 0 Å². The molecule has 140 valence electrons. The van der Waals surface area contributed by atoms with Crippen LogP contribution in [-0.2, 0) is 9.47 Å². The predicted octanol–water partition coefficient (Wildman–Crippen LogP) is 1.92. The van der Waals surface area contributed by atoms with E-state index in [0.717, 1.165) is 0 Å². The number of imide groups is 1. The van der Waals surface area contributed by atoms with Crippen molar-refractivity contribution in [2.45, 2.75) is 38.5 Å². The van der Waals surface area contributed by atoms with Gasteiger partial charge in [-0.25, -0.2) is 0 Å². The molecule has 1 saturated heterocycles. The number of nitrogens with zero attached hydrogens (tertiary/aromatic N) is 2. The van der Waals surface area contributed by atoms with Crippen LogP contribution < -0.4 is 0 Å². The Morgan fingerprint density at radius 1 is 1.04 bits per heavy atom. The first kappa shape index (κ1) is 18.5. The second-order valence-corrected chi connectivity index (χ2v) is 6.95. The van der Waals surface area contributed by atoms with E-state index in [1.807, 2.05) is 0 Å². The lowest BCUT2D eigenvalue weighted by Crippen LogP contribution is -2.48. The van der Waals surface area contributed by atoms with Gasteiger partial charge in [0.25, 0.3) is 17.7 Å². The van der Waals surface area contributed by atoms with Gasteiger partial charge in [0.1, 0.15) is 0 Å². The average Bonchev–Trinajstić information content (AvgIpc) is 2.91. The Balaban J connectivity index is 1.80. The molecule has 0 atom stereocenters. The molecule has 2 aliphatic rings. The van der Waals surface area contributed by atoms with Gasteiger partial charge in [-0.15, -0.1) is 0 Å². The van der Waals surface area contributed by atoms with E-state index in [1.54, 1.807) is 45.1 Å². The van der Waals surface area contributed by atoms with Crippen molar-refractivity contribution in [3.8, 4) is 0 Å². The third-order valence-corrected chi connectivity index (χ3v) is 5.24. The summed E-state index contributed by atoms with van der Waals surface area (Å²) in [6.07, 6.45) is 1.16. The topological polar surface area (TPSA) is 76.2 Å². The molecule has 3 rings (SSSR count). The first-order chi connectivity index (χ1) is 12.3. The Hall–Kier alpha value is -2.25. The van der Waals surface area contributed by atoms with Crippen molar-refractivity contribution < 1.29 is 23.9 Å². The SMILES string of the molecule is COC1(OC)CCN(C(=O)c2ccc3c(c2)C(=O)N(C(C)C)C3=O)CC1. The van der Waals surface area contributed by atoms with E-state index < -0.39 is 5.79 Å². The van der Waals surface area contributed by atoms with Gasteiger partial charge in [-0.1, -0.05) is 0 Å². The lowest BCUT2D eigenvalue weighted by molar-refractivity contribution is -0.226. The summed E-state index contributed by atoms with van der Waals surface area (Å²) < 4.78 is 10.9. The lowest BCUT2D eigenvalue weighted by atomic mass is 10.0. The number of hydrogen-bond acceptors (Lipinski definition) is 5. The number of carbonyl (C=O) groups excluding carboxylic acids is 3. The highest BCUT2D eigenvalue weighted by molar-refractivity contribution is 6.22. The van der Waals surface area contributed by atoms with Crippen molar-refractivity contribution in [1.82, 2.24) is 9.80 Å². The summed E-state index contributed by atoms with van der Waals surface area (Å²) in [5.41, 5.74) is 1.07. The molecule has 0 radical (unpaired) electrons. The number of rotatable bonds is 4. The van der Waals surface area contributed by atoms with E-state index in [1.165, 1.54) is 11.0 Å². The Bertz CT molecular complexity index is 744. The second-order valence-electron chi connectivity index (χ2n) is 6.95. The molecule has 0 saturated carbocycles. The van der Waals surface area contributed by atoms with Gasteiger partial charge in [-0.3, -0.25) is 19.3 Å². The van der Waals surface area contributed by atoms with Crippen molar-refractivity contribution in [2.24, 2.45) is 0 Å². The van der Waals surface area contributed by atoms with Crippen molar-refractivity contribution in [2.75, 3.05) is 27.3 Å². The van der Waals surface area contributed by atoms with Crippen LogP contribution in [0.15, 0.2) is 18.2 Å². The van der Waals surface area contributed by atoms with Gasteiger partial charge in [0.2, 0.25) is 0 Å². The Morgan fingerprint density at radius 2 is 1.62 bits per heavy atom. The molecule has 0 aromatic heterocycles. The fraction of sp³-hybridized carbons (Fsp3) is 0.526. The molecule has 3 amide bonds. The maximum Gasteiger partial charge on any atom is 0.261 e. The van der Waals surface area contributed by atoms with E-state index in [9.17, 15) is 14.4 Å². The maximum atomic E-state index is 12.8. The highest BCUT2D eigenvalue weighted by Gasteiger charge is 2.39. The predicted molar refractivity (Wildman–Crippen MR) is 94.0 cm³/mol. The lowest BCUT2D eigenvalue weighted by Gasteiger charge is -2.39. The van der Waals surface area contributed by atoms with Crippen LogP contribution >= 0.6 is 0 Å². The van der Waals surface area contributed by atoms with Gasteiger partial charge in [-0.05, 0) is 32.0 Å². The van der Waals surface area contributed by atoms with Gasteiger partial charge in [-0.2, -0.15) is 0 Å². The highest BCUT2D eigenvalue weighted by atomic mass is 16.7. The van der Waals surface area contributed by atoms with Gasteiger partial charge >= 0.3 is 0 Å². The van der Waals surface area contributed by atoms with Crippen LogP contribution in [0, 0.1) is 0 Å². The van der Waals surface area contributed by atoms with Gasteiger partial charge < -0.3 is 14.4 Å². The first-order valence-corrected chi connectivity index (χ1v) is 8.75. The fourth-order valence-electron chi connectivity index (χ4n) is 3.59. The maximum absolute atomic E-state index is 12.8. The molecule has 26 heavy (non-hydrogen) atoms. The Kier molecular flexibility index (Phi) is 4.86. The number of fused-ring (bicyclic) bond motifs is 1.